The smallest absolute Gasteiger partial charge is 0.257 e. The highest BCUT2D eigenvalue weighted by Gasteiger charge is 2.22. The van der Waals surface area contributed by atoms with Crippen LogP contribution >= 0.6 is 15.9 Å². The maximum atomic E-state index is 12.8. The minimum absolute atomic E-state index is 0.0844. The molecule has 1 aromatic heterocycles. The molecular formula is C17H21BrN4O. The summed E-state index contributed by atoms with van der Waals surface area (Å²) in [6, 6.07) is 7.92. The fourth-order valence-corrected chi connectivity index (χ4v) is 3.15. The summed E-state index contributed by atoms with van der Waals surface area (Å²) in [5.74, 6) is 0.0844. The molecule has 6 heteroatoms. The lowest BCUT2D eigenvalue weighted by Gasteiger charge is -2.20. The third kappa shape index (κ3) is 3.48. The summed E-state index contributed by atoms with van der Waals surface area (Å²) >= 11 is 3.43. The number of hydrogen-bond donors (Lipinski definition) is 0. The van der Waals surface area contributed by atoms with Crippen molar-refractivity contribution in [1.29, 1.82) is 0 Å². The van der Waals surface area contributed by atoms with E-state index in [1.165, 1.54) is 0 Å². The van der Waals surface area contributed by atoms with E-state index in [0.717, 1.165) is 48.5 Å². The van der Waals surface area contributed by atoms with Crippen LogP contribution in [0.2, 0.25) is 0 Å². The Morgan fingerprint density at radius 1 is 1.13 bits per heavy atom. The Kier molecular flexibility index (Phi) is 4.82. The van der Waals surface area contributed by atoms with Gasteiger partial charge in [0.05, 0.1) is 23.1 Å². The van der Waals surface area contributed by atoms with Crippen LogP contribution in [-0.4, -0.2) is 58.7 Å². The van der Waals surface area contributed by atoms with Crippen molar-refractivity contribution in [3.63, 3.8) is 0 Å². The van der Waals surface area contributed by atoms with E-state index in [0.29, 0.717) is 5.56 Å². The van der Waals surface area contributed by atoms with Crippen LogP contribution in [-0.2, 0) is 0 Å². The molecule has 1 aliphatic rings. The number of amides is 1. The molecule has 0 radical (unpaired) electrons. The molecule has 1 amide bonds. The molecule has 0 spiro atoms. The summed E-state index contributed by atoms with van der Waals surface area (Å²) in [5, 5.41) is 4.41. The first-order valence-corrected chi connectivity index (χ1v) is 8.64. The second-order valence-electron chi connectivity index (χ2n) is 5.98. The molecule has 0 N–H and O–H groups in total. The molecule has 0 aliphatic carbocycles. The van der Waals surface area contributed by atoms with E-state index >= 15 is 0 Å². The monoisotopic (exact) mass is 376 g/mol. The molecule has 2 aromatic rings. The Morgan fingerprint density at radius 2 is 1.87 bits per heavy atom. The summed E-state index contributed by atoms with van der Waals surface area (Å²) in [4.78, 5) is 17.0. The van der Waals surface area contributed by atoms with E-state index in [1.54, 1.807) is 6.20 Å². The van der Waals surface area contributed by atoms with Crippen LogP contribution < -0.4 is 0 Å². The van der Waals surface area contributed by atoms with Gasteiger partial charge in [0.2, 0.25) is 0 Å². The summed E-state index contributed by atoms with van der Waals surface area (Å²) < 4.78 is 2.85. The molecule has 2 heterocycles. The highest BCUT2D eigenvalue weighted by Crippen LogP contribution is 2.19. The Hall–Kier alpha value is -1.66. The minimum atomic E-state index is 0.0844. The Labute approximate surface area is 145 Å². The lowest BCUT2D eigenvalue weighted by molar-refractivity contribution is 0.0762. The third-order valence-corrected chi connectivity index (χ3v) is 4.85. The fraction of sp³-hybridized carbons (Fsp3) is 0.412. The zero-order valence-electron chi connectivity index (χ0n) is 13.5. The molecule has 1 saturated heterocycles. The first-order valence-electron chi connectivity index (χ1n) is 7.84. The number of hydrogen-bond acceptors (Lipinski definition) is 3. The van der Waals surface area contributed by atoms with Crippen molar-refractivity contribution >= 4 is 21.8 Å². The van der Waals surface area contributed by atoms with E-state index in [9.17, 15) is 4.79 Å². The van der Waals surface area contributed by atoms with E-state index in [2.05, 4.69) is 33.0 Å². The first kappa shape index (κ1) is 16.2. The molecule has 3 rings (SSSR count). The van der Waals surface area contributed by atoms with Crippen LogP contribution in [0.15, 0.2) is 34.9 Å². The normalized spacial score (nSPS) is 16.4. The molecule has 122 valence electrons. The second-order valence-corrected chi connectivity index (χ2v) is 6.90. The Balaban J connectivity index is 1.83. The number of nitrogens with zero attached hydrogens (tertiary/aromatic N) is 4. The number of aromatic nitrogens is 2. The first-order chi connectivity index (χ1) is 11.1. The van der Waals surface area contributed by atoms with E-state index < -0.39 is 0 Å². The molecule has 0 saturated carbocycles. The van der Waals surface area contributed by atoms with Gasteiger partial charge >= 0.3 is 0 Å². The molecule has 1 fully saturated rings. The van der Waals surface area contributed by atoms with Crippen molar-refractivity contribution < 1.29 is 4.79 Å². The zero-order chi connectivity index (χ0) is 16.4. The predicted molar refractivity (Wildman–Crippen MR) is 94.0 cm³/mol. The molecule has 23 heavy (non-hydrogen) atoms. The van der Waals surface area contributed by atoms with Gasteiger partial charge in [0.25, 0.3) is 5.91 Å². The Morgan fingerprint density at radius 3 is 2.61 bits per heavy atom. The van der Waals surface area contributed by atoms with E-state index in [4.69, 9.17) is 0 Å². The van der Waals surface area contributed by atoms with E-state index in [-0.39, 0.29) is 5.91 Å². The summed E-state index contributed by atoms with van der Waals surface area (Å²) in [6.45, 7) is 5.50. The standard InChI is InChI=1S/C17H21BrN4O/c1-13-16(17(23)21-9-3-8-20(2)10-11-21)12-19-22(13)15-6-4-14(18)5-7-15/h4-7,12H,3,8-11H2,1-2H3. The molecule has 1 aliphatic heterocycles. The largest absolute Gasteiger partial charge is 0.337 e. The van der Waals surface area contributed by atoms with Crippen molar-refractivity contribution in [3.8, 4) is 5.69 Å². The molecule has 0 bridgehead atoms. The number of carbonyl (C=O) groups is 1. The van der Waals surface area contributed by atoms with Gasteiger partial charge in [0.1, 0.15) is 0 Å². The number of halogens is 1. The van der Waals surface area contributed by atoms with Crippen LogP contribution in [0.3, 0.4) is 0 Å². The van der Waals surface area contributed by atoms with Crippen LogP contribution in [0.1, 0.15) is 22.5 Å². The number of rotatable bonds is 2. The number of likely N-dealkylation sites (N-methyl/N-ethyl adjacent to an activating group) is 1. The van der Waals surface area contributed by atoms with Crippen LogP contribution in [0.25, 0.3) is 5.69 Å². The zero-order valence-corrected chi connectivity index (χ0v) is 15.1. The third-order valence-electron chi connectivity index (χ3n) is 4.32. The predicted octanol–water partition coefficient (Wildman–Crippen LogP) is 2.72. The summed E-state index contributed by atoms with van der Waals surface area (Å²) in [6.07, 6.45) is 2.70. The van der Waals surface area contributed by atoms with Gasteiger partial charge in [-0.2, -0.15) is 5.10 Å². The van der Waals surface area contributed by atoms with Crippen LogP contribution in [0.5, 0.6) is 0 Å². The van der Waals surface area contributed by atoms with Crippen molar-refractivity contribution in [1.82, 2.24) is 19.6 Å². The minimum Gasteiger partial charge on any atom is -0.337 e. The second kappa shape index (κ2) is 6.84. The van der Waals surface area contributed by atoms with Gasteiger partial charge in [0.15, 0.2) is 0 Å². The quantitative estimate of drug-likeness (QED) is 0.808. The average Bonchev–Trinajstić information content (AvgIpc) is 2.78. The van der Waals surface area contributed by atoms with Crippen LogP contribution in [0, 0.1) is 6.92 Å². The molecule has 0 atom stereocenters. The van der Waals surface area contributed by atoms with Crippen LogP contribution in [0.4, 0.5) is 0 Å². The van der Waals surface area contributed by atoms with Gasteiger partial charge < -0.3 is 9.80 Å². The average molecular weight is 377 g/mol. The Bertz CT molecular complexity index is 695. The van der Waals surface area contributed by atoms with Gasteiger partial charge in [0, 0.05) is 24.1 Å². The van der Waals surface area contributed by atoms with Crippen molar-refractivity contribution in [3.05, 3.63) is 46.2 Å². The molecular weight excluding hydrogens is 356 g/mol. The number of benzene rings is 1. The van der Waals surface area contributed by atoms with E-state index in [1.807, 2.05) is 40.8 Å². The molecule has 1 aromatic carbocycles. The molecule has 0 unspecified atom stereocenters. The number of carbonyl (C=O) groups excluding carboxylic acids is 1. The fourth-order valence-electron chi connectivity index (χ4n) is 2.88. The highest BCUT2D eigenvalue weighted by molar-refractivity contribution is 9.10. The van der Waals surface area contributed by atoms with Gasteiger partial charge in [-0.15, -0.1) is 0 Å². The van der Waals surface area contributed by atoms with Gasteiger partial charge in [-0.1, -0.05) is 15.9 Å². The van der Waals surface area contributed by atoms with Crippen molar-refractivity contribution in [2.75, 3.05) is 33.2 Å². The highest BCUT2D eigenvalue weighted by atomic mass is 79.9. The SMILES string of the molecule is Cc1c(C(=O)N2CCCN(C)CC2)cnn1-c1ccc(Br)cc1. The van der Waals surface area contributed by atoms with Gasteiger partial charge in [-0.25, -0.2) is 4.68 Å². The van der Waals surface area contributed by atoms with Crippen molar-refractivity contribution in [2.24, 2.45) is 0 Å². The maximum Gasteiger partial charge on any atom is 0.257 e. The van der Waals surface area contributed by atoms with Crippen molar-refractivity contribution in [2.45, 2.75) is 13.3 Å². The van der Waals surface area contributed by atoms with Gasteiger partial charge in [-0.3, -0.25) is 4.79 Å². The molecule has 5 nitrogen and oxygen atoms in total. The summed E-state index contributed by atoms with van der Waals surface area (Å²) in [5.41, 5.74) is 2.53. The lowest BCUT2D eigenvalue weighted by atomic mass is 10.2. The van der Waals surface area contributed by atoms with Gasteiger partial charge in [-0.05, 0) is 51.2 Å². The maximum absolute atomic E-state index is 12.8. The summed E-state index contributed by atoms with van der Waals surface area (Å²) in [7, 11) is 2.10. The topological polar surface area (TPSA) is 41.4 Å². The lowest BCUT2D eigenvalue weighted by Crippen LogP contribution is -2.34.